The van der Waals surface area contributed by atoms with Gasteiger partial charge in [0.1, 0.15) is 5.52 Å². The number of pyridine rings is 1. The molecule has 0 aromatic carbocycles. The Labute approximate surface area is 188 Å². The number of furan rings is 1. The summed E-state index contributed by atoms with van der Waals surface area (Å²) < 4.78 is 35.6. The van der Waals surface area contributed by atoms with Crippen molar-refractivity contribution in [3.8, 4) is 0 Å². The number of hydrogen-bond acceptors (Lipinski definition) is 9. The minimum Gasteiger partial charge on any atom is -0.440 e. The molecule has 2 aliphatic carbocycles. The second kappa shape index (κ2) is 7.27. The van der Waals surface area contributed by atoms with Gasteiger partial charge >= 0.3 is 0 Å². The summed E-state index contributed by atoms with van der Waals surface area (Å²) >= 11 is 5.96. The Morgan fingerprint density at radius 3 is 2.56 bits per heavy atom. The van der Waals surface area contributed by atoms with Crippen LogP contribution < -0.4 is 16.8 Å². The van der Waals surface area contributed by atoms with Crippen LogP contribution >= 0.6 is 11.6 Å². The Bertz CT molecular complexity index is 1300. The number of amides is 1. The molecule has 0 radical (unpaired) electrons. The number of sulfone groups is 1. The van der Waals surface area contributed by atoms with Gasteiger partial charge in [0.25, 0.3) is 5.91 Å². The van der Waals surface area contributed by atoms with Crippen LogP contribution in [0.1, 0.15) is 55.0 Å². The van der Waals surface area contributed by atoms with Crippen LogP contribution in [0.5, 0.6) is 0 Å². The average molecular weight is 480 g/mol. The largest absolute Gasteiger partial charge is 0.440 e. The SMILES string of the molecule is NC1(NC(=O)c2ccc(S(=O)(=O)C3CC3)o2)CCC(N)(c2nc3cc(Cl)cnc3o2)CC1. The molecule has 5 rings (SSSR count). The highest BCUT2D eigenvalue weighted by Gasteiger charge is 2.44. The molecular weight excluding hydrogens is 458 g/mol. The molecule has 2 fully saturated rings. The number of nitrogens with one attached hydrogen (secondary N) is 1. The van der Waals surface area contributed by atoms with E-state index in [0.29, 0.717) is 60.7 Å². The standard InChI is InChI=1S/C20H22ClN5O5S/c21-11-9-13-17(24-10-11)31-18(25-13)19(22)5-7-20(23,8-6-19)26-16(27)14-3-4-15(30-14)32(28,29)12-1-2-12/h3-4,9-10,12H,1-2,5-8,22-23H2,(H,26,27). The highest BCUT2D eigenvalue weighted by atomic mass is 35.5. The second-order valence-corrected chi connectivity index (χ2v) is 11.2. The zero-order valence-electron chi connectivity index (χ0n) is 17.0. The lowest BCUT2D eigenvalue weighted by Gasteiger charge is -2.41. The van der Waals surface area contributed by atoms with Gasteiger partial charge in [0.05, 0.1) is 21.5 Å². The van der Waals surface area contributed by atoms with E-state index in [0.717, 1.165) is 0 Å². The molecule has 1 amide bonds. The first-order valence-electron chi connectivity index (χ1n) is 10.2. The third-order valence-corrected chi connectivity index (χ3v) is 8.42. The Balaban J connectivity index is 1.27. The first-order chi connectivity index (χ1) is 15.1. The zero-order chi connectivity index (χ0) is 22.7. The van der Waals surface area contributed by atoms with Gasteiger partial charge in [-0.1, -0.05) is 11.6 Å². The van der Waals surface area contributed by atoms with Crippen LogP contribution in [0.15, 0.2) is 38.3 Å². The number of oxazole rings is 1. The summed E-state index contributed by atoms with van der Waals surface area (Å²) in [6, 6.07) is 4.31. The molecule has 3 aromatic heterocycles. The number of nitrogens with two attached hydrogens (primary N) is 2. The van der Waals surface area contributed by atoms with Crippen molar-refractivity contribution in [1.29, 1.82) is 0 Å². The molecule has 32 heavy (non-hydrogen) atoms. The molecule has 2 aliphatic rings. The molecule has 5 N–H and O–H groups in total. The van der Waals surface area contributed by atoms with E-state index >= 15 is 0 Å². The van der Waals surface area contributed by atoms with Gasteiger partial charge in [-0.2, -0.15) is 0 Å². The molecule has 12 heteroatoms. The summed E-state index contributed by atoms with van der Waals surface area (Å²) in [4.78, 5) is 21.2. The number of fused-ring (bicyclic) bond motifs is 1. The van der Waals surface area contributed by atoms with Crippen molar-refractivity contribution < 1.29 is 22.0 Å². The van der Waals surface area contributed by atoms with Crippen LogP contribution in [-0.4, -0.2) is 35.2 Å². The number of aromatic nitrogens is 2. The van der Waals surface area contributed by atoms with E-state index in [2.05, 4.69) is 15.3 Å². The van der Waals surface area contributed by atoms with E-state index in [1.54, 1.807) is 6.07 Å². The molecule has 0 bridgehead atoms. The van der Waals surface area contributed by atoms with Crippen LogP contribution in [0.4, 0.5) is 0 Å². The van der Waals surface area contributed by atoms with Gasteiger partial charge in [0, 0.05) is 6.20 Å². The first-order valence-corrected chi connectivity index (χ1v) is 12.2. The third-order valence-electron chi connectivity index (χ3n) is 6.09. The molecule has 3 aromatic rings. The van der Waals surface area contributed by atoms with E-state index in [1.807, 2.05) is 0 Å². The van der Waals surface area contributed by atoms with Crippen molar-refractivity contribution in [1.82, 2.24) is 15.3 Å². The van der Waals surface area contributed by atoms with Crippen LogP contribution in [0.2, 0.25) is 5.02 Å². The number of carbonyl (C=O) groups is 1. The molecule has 10 nitrogen and oxygen atoms in total. The van der Waals surface area contributed by atoms with Gasteiger partial charge in [0.15, 0.2) is 5.76 Å². The second-order valence-electron chi connectivity index (χ2n) is 8.63. The molecule has 2 saturated carbocycles. The van der Waals surface area contributed by atoms with Gasteiger partial charge < -0.3 is 25.6 Å². The lowest BCUT2D eigenvalue weighted by molar-refractivity contribution is 0.0795. The highest BCUT2D eigenvalue weighted by molar-refractivity contribution is 7.92. The third kappa shape index (κ3) is 3.79. The molecule has 0 saturated heterocycles. The summed E-state index contributed by atoms with van der Waals surface area (Å²) in [5.41, 5.74) is 11.9. The average Bonchev–Trinajstić information content (AvgIpc) is 3.33. The van der Waals surface area contributed by atoms with Crippen LogP contribution in [0, 0.1) is 0 Å². The van der Waals surface area contributed by atoms with Crippen molar-refractivity contribution in [2.75, 3.05) is 0 Å². The van der Waals surface area contributed by atoms with Crippen molar-refractivity contribution in [2.45, 2.75) is 60.1 Å². The number of carbonyl (C=O) groups excluding carboxylic acids is 1. The van der Waals surface area contributed by atoms with Crippen molar-refractivity contribution >= 4 is 38.6 Å². The Hall–Kier alpha value is -2.47. The molecular formula is C20H22ClN5O5S. The number of nitrogens with zero attached hydrogens (tertiary/aromatic N) is 2. The molecule has 0 atom stereocenters. The maximum atomic E-state index is 12.7. The molecule has 170 valence electrons. The van der Waals surface area contributed by atoms with E-state index < -0.39 is 32.2 Å². The lowest BCUT2D eigenvalue weighted by Crippen LogP contribution is -2.60. The van der Waals surface area contributed by atoms with Crippen LogP contribution in [-0.2, 0) is 15.4 Å². The fourth-order valence-electron chi connectivity index (χ4n) is 3.92. The van der Waals surface area contributed by atoms with Crippen molar-refractivity contribution in [3.05, 3.63) is 41.1 Å². The lowest BCUT2D eigenvalue weighted by atomic mass is 9.77. The predicted octanol–water partition coefficient (Wildman–Crippen LogP) is 2.22. The molecule has 0 spiro atoms. The van der Waals surface area contributed by atoms with E-state index in [9.17, 15) is 13.2 Å². The Morgan fingerprint density at radius 1 is 1.16 bits per heavy atom. The quantitative estimate of drug-likeness (QED) is 0.464. The Morgan fingerprint density at radius 2 is 1.88 bits per heavy atom. The highest BCUT2D eigenvalue weighted by Crippen LogP contribution is 2.39. The Kier molecular flexibility index (Phi) is 4.86. The summed E-state index contributed by atoms with van der Waals surface area (Å²) in [7, 11) is -3.51. The van der Waals surface area contributed by atoms with Gasteiger partial charge in [0.2, 0.25) is 26.5 Å². The summed E-state index contributed by atoms with van der Waals surface area (Å²) in [6.07, 6.45) is 4.22. The fourth-order valence-corrected chi connectivity index (χ4v) is 5.62. The van der Waals surface area contributed by atoms with E-state index in [4.69, 9.17) is 31.9 Å². The molecule has 0 unspecified atom stereocenters. The first kappa shape index (κ1) is 21.4. The minimum atomic E-state index is -3.51. The number of rotatable bonds is 5. The van der Waals surface area contributed by atoms with Gasteiger partial charge in [-0.15, -0.1) is 0 Å². The monoisotopic (exact) mass is 479 g/mol. The molecule has 0 aliphatic heterocycles. The normalized spacial score (nSPS) is 26.3. The molecule has 3 heterocycles. The van der Waals surface area contributed by atoms with Gasteiger partial charge in [-0.3, -0.25) is 4.79 Å². The van der Waals surface area contributed by atoms with Crippen LogP contribution in [0.25, 0.3) is 11.2 Å². The number of hydrogen-bond donors (Lipinski definition) is 3. The summed E-state index contributed by atoms with van der Waals surface area (Å²) in [6.45, 7) is 0. The maximum absolute atomic E-state index is 12.7. The topological polar surface area (TPSA) is 167 Å². The zero-order valence-corrected chi connectivity index (χ0v) is 18.6. The number of halogens is 1. The van der Waals surface area contributed by atoms with Gasteiger partial charge in [-0.25, -0.2) is 18.4 Å². The summed E-state index contributed by atoms with van der Waals surface area (Å²) in [5.74, 6) is -0.327. The van der Waals surface area contributed by atoms with Crippen molar-refractivity contribution in [3.63, 3.8) is 0 Å². The van der Waals surface area contributed by atoms with Gasteiger partial charge in [-0.05, 0) is 56.7 Å². The van der Waals surface area contributed by atoms with Crippen LogP contribution in [0.3, 0.4) is 0 Å². The maximum Gasteiger partial charge on any atom is 0.288 e. The summed E-state index contributed by atoms with van der Waals surface area (Å²) in [5, 5.41) is 2.60. The van der Waals surface area contributed by atoms with E-state index in [-0.39, 0.29) is 10.9 Å². The fraction of sp³-hybridized carbons (Fsp3) is 0.450. The van der Waals surface area contributed by atoms with E-state index in [1.165, 1.54) is 18.3 Å². The smallest absolute Gasteiger partial charge is 0.288 e. The minimum absolute atomic E-state index is 0.0967. The predicted molar refractivity (Wildman–Crippen MR) is 114 cm³/mol. The van der Waals surface area contributed by atoms with Crippen molar-refractivity contribution in [2.24, 2.45) is 11.5 Å².